The molecule has 4 N–H and O–H groups in total. The molecule has 2 aromatic carbocycles. The monoisotopic (exact) mass is 1010 g/mol. The van der Waals surface area contributed by atoms with Gasteiger partial charge in [0.1, 0.15) is 0 Å². The molecular weight excluding hydrogens is 936 g/mol. The standard InChI is InChI=1S/2C25H35BNO7P/c1-3-25(24(31)32)14-22(29)33-26(34-25)19(11-18-9-10-18)13-21(28)20(27-23(30)16(2)15-35)12-17-7-5-4-6-8-17;1-3-25(14-22(29)30)24(32)33-26(34-25)19(11-18-9-10-18)13-21(28)20(27-23(31)16(2)15-35)12-17-7-5-4-6-8-17/h4-8,16,18-20H,3,9-15,35H2,1-2H3,(H,27,30)(H,31,32);4-8,16,18-20H,3,9-15,35H2,1-2H3,(H,27,31)(H,29,30). The van der Waals surface area contributed by atoms with Crippen molar-refractivity contribution in [3.63, 3.8) is 0 Å². The molecule has 0 radical (unpaired) electrons. The summed E-state index contributed by atoms with van der Waals surface area (Å²) in [5, 5.41) is 24.9. The number of carboxylic acid groups (broad SMARTS) is 2. The molecule has 20 heteroatoms. The first-order valence-electron chi connectivity index (χ1n) is 24.7. The van der Waals surface area contributed by atoms with Crippen LogP contribution in [0.4, 0.5) is 0 Å². The lowest BCUT2D eigenvalue weighted by atomic mass is 9.64. The largest absolute Gasteiger partial charge is 0.531 e. The zero-order chi connectivity index (χ0) is 51.2. The molecule has 380 valence electrons. The first kappa shape index (κ1) is 56.4. The molecule has 4 fully saturated rings. The number of rotatable bonds is 27. The van der Waals surface area contributed by atoms with Crippen LogP contribution in [0.5, 0.6) is 0 Å². The third-order valence-electron chi connectivity index (χ3n) is 13.9. The molecule has 2 heterocycles. The second-order valence-corrected chi connectivity index (χ2v) is 20.6. The van der Waals surface area contributed by atoms with Crippen molar-refractivity contribution in [3.8, 4) is 0 Å². The number of nitrogens with one attached hydrogen (secondary N) is 2. The van der Waals surface area contributed by atoms with Crippen LogP contribution in [0.2, 0.25) is 11.6 Å². The Kier molecular flexibility index (Phi) is 21.2. The summed E-state index contributed by atoms with van der Waals surface area (Å²) in [6.07, 6.45) is 6.69. The third kappa shape index (κ3) is 16.3. The van der Waals surface area contributed by atoms with Crippen molar-refractivity contribution in [2.45, 2.75) is 153 Å². The zero-order valence-electron chi connectivity index (χ0n) is 40.8. The van der Waals surface area contributed by atoms with Gasteiger partial charge in [-0.25, -0.2) is 4.79 Å². The van der Waals surface area contributed by atoms with Gasteiger partial charge in [-0.3, -0.25) is 33.6 Å². The molecule has 2 saturated heterocycles. The number of hydrogen-bond acceptors (Lipinski definition) is 12. The number of aliphatic carboxylic acids is 2. The highest BCUT2D eigenvalue weighted by Gasteiger charge is 2.57. The Hall–Kier alpha value is -4.49. The van der Waals surface area contributed by atoms with Gasteiger partial charge in [0.05, 0.1) is 24.9 Å². The highest BCUT2D eigenvalue weighted by Crippen LogP contribution is 2.45. The molecule has 10 unspecified atom stereocenters. The molecule has 2 amide bonds. The Morgan fingerprint density at radius 3 is 1.50 bits per heavy atom. The number of benzene rings is 2. The molecule has 2 aliphatic carbocycles. The van der Waals surface area contributed by atoms with Crippen LogP contribution in [-0.4, -0.2) is 107 Å². The fraction of sp³-hybridized carbons (Fsp3) is 0.600. The van der Waals surface area contributed by atoms with Gasteiger partial charge in [-0.2, -0.15) is 0 Å². The lowest BCUT2D eigenvalue weighted by Crippen LogP contribution is -2.55. The smallest absolute Gasteiger partial charge is 0.509 e. The van der Waals surface area contributed by atoms with Gasteiger partial charge in [-0.1, -0.05) is 114 Å². The fourth-order valence-electron chi connectivity index (χ4n) is 8.76. The quantitative estimate of drug-likeness (QED) is 0.0587. The number of carbonyl (C=O) groups excluding carboxylic acids is 6. The van der Waals surface area contributed by atoms with Crippen LogP contribution in [0, 0.1) is 23.7 Å². The number of carbonyl (C=O) groups is 8. The lowest BCUT2D eigenvalue weighted by molar-refractivity contribution is -0.171. The normalized spacial score (nSPS) is 22.4. The number of ketones is 2. The molecule has 4 aliphatic rings. The highest BCUT2D eigenvalue weighted by atomic mass is 31.0. The van der Waals surface area contributed by atoms with Crippen molar-refractivity contribution in [1.29, 1.82) is 0 Å². The molecule has 2 saturated carbocycles. The van der Waals surface area contributed by atoms with Gasteiger partial charge in [0.25, 0.3) is 5.97 Å². The van der Waals surface area contributed by atoms with Crippen molar-refractivity contribution in [2.75, 3.05) is 12.3 Å². The van der Waals surface area contributed by atoms with E-state index >= 15 is 0 Å². The summed E-state index contributed by atoms with van der Waals surface area (Å²) in [7, 11) is 2.98. The average Bonchev–Trinajstić information content (AvgIpc) is 4.30. The summed E-state index contributed by atoms with van der Waals surface area (Å²) in [5.74, 6) is -5.03. The summed E-state index contributed by atoms with van der Waals surface area (Å²) < 4.78 is 22.8. The topological polar surface area (TPSA) is 238 Å². The second-order valence-electron chi connectivity index (χ2n) is 19.6. The van der Waals surface area contributed by atoms with Crippen LogP contribution < -0.4 is 10.6 Å². The fourth-order valence-corrected chi connectivity index (χ4v) is 9.19. The van der Waals surface area contributed by atoms with E-state index in [1.165, 1.54) is 0 Å². The van der Waals surface area contributed by atoms with E-state index in [-0.39, 0.29) is 67.3 Å². The van der Waals surface area contributed by atoms with Crippen molar-refractivity contribution >= 4 is 80.0 Å². The summed E-state index contributed by atoms with van der Waals surface area (Å²) in [5.41, 5.74) is -1.35. The minimum Gasteiger partial charge on any atom is -0.509 e. The minimum atomic E-state index is -1.66. The maximum absolute atomic E-state index is 13.6. The summed E-state index contributed by atoms with van der Waals surface area (Å²) in [4.78, 5) is 101. The molecule has 16 nitrogen and oxygen atoms in total. The van der Waals surface area contributed by atoms with Gasteiger partial charge in [-0.05, 0) is 73.8 Å². The van der Waals surface area contributed by atoms with Crippen molar-refractivity contribution in [1.82, 2.24) is 10.6 Å². The van der Waals surface area contributed by atoms with Crippen molar-refractivity contribution in [2.24, 2.45) is 23.7 Å². The lowest BCUT2D eigenvalue weighted by Gasteiger charge is -2.37. The average molecular weight is 1010 g/mol. The van der Waals surface area contributed by atoms with Crippen LogP contribution in [0.25, 0.3) is 0 Å². The molecule has 0 aromatic heterocycles. The Balaban J connectivity index is 0.000000261. The van der Waals surface area contributed by atoms with Crippen LogP contribution in [0.3, 0.4) is 0 Å². The predicted octanol–water partition coefficient (Wildman–Crippen LogP) is 6.08. The van der Waals surface area contributed by atoms with Gasteiger partial charge in [0.15, 0.2) is 22.8 Å². The SMILES string of the molecule is CCC1(C(=O)O)CC(=O)OB(C(CC(=O)C(Cc2ccccc2)NC(=O)C(C)CP)CC2CC2)O1.CCC1(CC(=O)O)OB(C(CC(=O)C(Cc2ccccc2)NC(=O)C(C)CP)CC2CC2)OC1=O. The van der Waals surface area contributed by atoms with Crippen LogP contribution in [0.1, 0.15) is 116 Å². The third-order valence-corrected chi connectivity index (χ3v) is 15.3. The van der Waals surface area contributed by atoms with E-state index in [1.807, 2.05) is 60.7 Å². The molecule has 2 aliphatic heterocycles. The van der Waals surface area contributed by atoms with Gasteiger partial charge in [0, 0.05) is 36.3 Å². The Bertz CT molecular complexity index is 2150. The zero-order valence-corrected chi connectivity index (χ0v) is 43.1. The molecular formula is C50H70B2N2O14P2. The Morgan fingerprint density at radius 2 is 1.13 bits per heavy atom. The maximum Gasteiger partial charge on any atom is 0.531 e. The van der Waals surface area contributed by atoms with Crippen LogP contribution in [0.15, 0.2) is 60.7 Å². The first-order chi connectivity index (χ1) is 33.3. The summed E-state index contributed by atoms with van der Waals surface area (Å²) in [6, 6.07) is 17.5. The van der Waals surface area contributed by atoms with Gasteiger partial charge in [-0.15, -0.1) is 18.5 Å². The van der Waals surface area contributed by atoms with E-state index in [0.29, 0.717) is 49.8 Å². The molecule has 10 atom stereocenters. The van der Waals surface area contributed by atoms with Gasteiger partial charge < -0.3 is 39.5 Å². The molecule has 6 rings (SSSR count). The van der Waals surface area contributed by atoms with Gasteiger partial charge >= 0.3 is 32.1 Å². The number of hydrogen-bond donors (Lipinski definition) is 4. The van der Waals surface area contributed by atoms with Crippen LogP contribution in [-0.2, 0) is 69.8 Å². The second kappa shape index (κ2) is 26.3. The van der Waals surface area contributed by atoms with E-state index in [4.69, 9.17) is 18.6 Å². The van der Waals surface area contributed by atoms with E-state index in [9.17, 15) is 48.6 Å². The highest BCUT2D eigenvalue weighted by molar-refractivity contribution is 7.16. The summed E-state index contributed by atoms with van der Waals surface area (Å²) in [6.45, 7) is 6.95. The number of Topliss-reactive ketones (excluding diaryl/α,β-unsaturated/α-hetero) is 2. The first-order valence-corrected chi connectivity index (χ1v) is 26.3. The molecule has 2 aromatic rings. The van der Waals surface area contributed by atoms with Crippen molar-refractivity contribution < 1.29 is 67.2 Å². The Morgan fingerprint density at radius 1 is 0.686 bits per heavy atom. The van der Waals surface area contributed by atoms with E-state index in [0.717, 1.165) is 36.8 Å². The molecule has 0 bridgehead atoms. The van der Waals surface area contributed by atoms with E-state index in [2.05, 4.69) is 29.1 Å². The Labute approximate surface area is 416 Å². The predicted molar refractivity (Wildman–Crippen MR) is 269 cm³/mol. The van der Waals surface area contributed by atoms with E-state index < -0.39 is 79.5 Å². The molecule has 0 spiro atoms. The minimum absolute atomic E-state index is 0.0148. The maximum atomic E-state index is 13.6. The van der Waals surface area contributed by atoms with E-state index in [1.54, 1.807) is 27.7 Å². The van der Waals surface area contributed by atoms with Crippen LogP contribution >= 0.6 is 18.5 Å². The van der Waals surface area contributed by atoms with Crippen molar-refractivity contribution in [3.05, 3.63) is 71.8 Å². The number of carboxylic acids is 2. The molecule has 70 heavy (non-hydrogen) atoms. The summed E-state index contributed by atoms with van der Waals surface area (Å²) >= 11 is 0. The number of amides is 2. The van der Waals surface area contributed by atoms with Gasteiger partial charge in [0.2, 0.25) is 11.8 Å².